The summed E-state index contributed by atoms with van der Waals surface area (Å²) in [5, 5.41) is 0. The molecule has 2 atom stereocenters. The third-order valence-electron chi connectivity index (χ3n) is 2.74. The molecule has 1 aliphatic rings. The number of hydrogen-bond acceptors (Lipinski definition) is 2. The van der Waals surface area contributed by atoms with Crippen LogP contribution in [-0.2, 0) is 9.59 Å². The first-order valence-corrected chi connectivity index (χ1v) is 4.83. The van der Waals surface area contributed by atoms with Gasteiger partial charge in [-0.05, 0) is 33.1 Å². The van der Waals surface area contributed by atoms with E-state index in [0.29, 0.717) is 0 Å². The lowest BCUT2D eigenvalue weighted by Gasteiger charge is -2.38. The minimum Gasteiger partial charge on any atom is -0.330 e. The van der Waals surface area contributed by atoms with Gasteiger partial charge in [-0.15, -0.1) is 0 Å². The molecule has 1 rings (SSSR count). The molecule has 0 saturated carbocycles. The molecule has 0 aromatic heterocycles. The van der Waals surface area contributed by atoms with Gasteiger partial charge in [0, 0.05) is 13.0 Å². The Morgan fingerprint density at radius 1 is 1.23 bits per heavy atom. The van der Waals surface area contributed by atoms with Crippen molar-refractivity contribution >= 4 is 11.7 Å². The van der Waals surface area contributed by atoms with Crippen LogP contribution < -0.4 is 0 Å². The van der Waals surface area contributed by atoms with Gasteiger partial charge >= 0.3 is 0 Å². The van der Waals surface area contributed by atoms with Crippen LogP contribution in [-0.4, -0.2) is 28.7 Å². The maximum Gasteiger partial charge on any atom is 0.220 e. The second kappa shape index (κ2) is 3.90. The maximum atomic E-state index is 11.3. The monoisotopic (exact) mass is 183 g/mol. The third-order valence-corrected chi connectivity index (χ3v) is 2.74. The number of ketones is 1. The number of Topliss-reactive ketones (excluding diaryl/α,β-unsaturated/α-hetero) is 1. The van der Waals surface area contributed by atoms with E-state index in [1.54, 1.807) is 11.8 Å². The van der Waals surface area contributed by atoms with Crippen molar-refractivity contribution in [3.63, 3.8) is 0 Å². The molecule has 3 nitrogen and oxygen atoms in total. The smallest absolute Gasteiger partial charge is 0.220 e. The van der Waals surface area contributed by atoms with Gasteiger partial charge in [-0.2, -0.15) is 0 Å². The highest BCUT2D eigenvalue weighted by atomic mass is 16.2. The quantitative estimate of drug-likeness (QED) is 0.615. The summed E-state index contributed by atoms with van der Waals surface area (Å²) in [6.07, 6.45) is 2.90. The number of amides is 1. The number of likely N-dealkylation sites (tertiary alicyclic amines) is 1. The Balaban J connectivity index is 2.80. The van der Waals surface area contributed by atoms with E-state index in [1.165, 1.54) is 6.92 Å². The summed E-state index contributed by atoms with van der Waals surface area (Å²) in [7, 11) is 0. The van der Waals surface area contributed by atoms with Gasteiger partial charge in [0.05, 0.1) is 6.04 Å². The second-order valence-electron chi connectivity index (χ2n) is 3.83. The summed E-state index contributed by atoms with van der Waals surface area (Å²) in [5.41, 5.74) is 0. The van der Waals surface area contributed by atoms with Crippen LogP contribution in [0.5, 0.6) is 0 Å². The van der Waals surface area contributed by atoms with Crippen LogP contribution in [0.4, 0.5) is 0 Å². The maximum absolute atomic E-state index is 11.3. The number of rotatable bonds is 1. The van der Waals surface area contributed by atoms with E-state index in [2.05, 4.69) is 0 Å². The lowest BCUT2D eigenvalue weighted by atomic mass is 9.94. The van der Waals surface area contributed by atoms with Crippen molar-refractivity contribution in [3.05, 3.63) is 0 Å². The molecule has 0 aromatic rings. The predicted octanol–water partition coefficient (Wildman–Crippen LogP) is 1.36. The molecule has 13 heavy (non-hydrogen) atoms. The predicted molar refractivity (Wildman–Crippen MR) is 50.3 cm³/mol. The summed E-state index contributed by atoms with van der Waals surface area (Å²) in [6, 6.07) is 0.0569. The van der Waals surface area contributed by atoms with Crippen LogP contribution >= 0.6 is 0 Å². The first-order valence-electron chi connectivity index (χ1n) is 4.83. The van der Waals surface area contributed by atoms with Crippen molar-refractivity contribution in [2.45, 2.75) is 52.1 Å². The van der Waals surface area contributed by atoms with Crippen molar-refractivity contribution in [2.24, 2.45) is 0 Å². The highest BCUT2D eigenvalue weighted by molar-refractivity contribution is 5.87. The third kappa shape index (κ3) is 2.08. The molecule has 0 unspecified atom stereocenters. The normalized spacial score (nSPS) is 28.7. The van der Waals surface area contributed by atoms with E-state index in [1.807, 2.05) is 6.92 Å². The second-order valence-corrected chi connectivity index (χ2v) is 3.83. The lowest BCUT2D eigenvalue weighted by molar-refractivity contribution is -0.141. The summed E-state index contributed by atoms with van der Waals surface area (Å²) in [4.78, 5) is 24.3. The Morgan fingerprint density at radius 2 is 1.85 bits per heavy atom. The van der Waals surface area contributed by atoms with Gasteiger partial charge in [-0.25, -0.2) is 0 Å². The number of piperidine rings is 1. The van der Waals surface area contributed by atoms with Crippen LogP contribution in [0.15, 0.2) is 0 Å². The van der Waals surface area contributed by atoms with Gasteiger partial charge in [0.15, 0.2) is 5.78 Å². The Morgan fingerprint density at radius 3 is 2.23 bits per heavy atom. The van der Waals surface area contributed by atoms with E-state index in [-0.39, 0.29) is 23.8 Å². The van der Waals surface area contributed by atoms with Crippen molar-refractivity contribution < 1.29 is 9.59 Å². The van der Waals surface area contributed by atoms with E-state index in [4.69, 9.17) is 0 Å². The molecule has 1 amide bonds. The van der Waals surface area contributed by atoms with Gasteiger partial charge in [0.1, 0.15) is 0 Å². The number of hydrogen-bond donors (Lipinski definition) is 0. The fourth-order valence-corrected chi connectivity index (χ4v) is 2.12. The Hall–Kier alpha value is -0.860. The number of nitrogens with zero attached hydrogens (tertiary/aromatic N) is 1. The zero-order valence-electron chi connectivity index (χ0n) is 8.54. The average molecular weight is 183 g/mol. The minimum atomic E-state index is -0.166. The molecule has 0 N–H and O–H groups in total. The summed E-state index contributed by atoms with van der Waals surface area (Å²) in [5.74, 6) is 0.133. The zero-order chi connectivity index (χ0) is 10.0. The Kier molecular flexibility index (Phi) is 3.07. The van der Waals surface area contributed by atoms with E-state index in [0.717, 1.165) is 19.3 Å². The van der Waals surface area contributed by atoms with Gasteiger partial charge in [-0.3, -0.25) is 9.59 Å². The van der Waals surface area contributed by atoms with Gasteiger partial charge < -0.3 is 4.90 Å². The van der Waals surface area contributed by atoms with Crippen molar-refractivity contribution in [1.82, 2.24) is 4.90 Å². The van der Waals surface area contributed by atoms with Crippen molar-refractivity contribution in [1.29, 1.82) is 0 Å². The first kappa shape index (κ1) is 10.2. The van der Waals surface area contributed by atoms with Gasteiger partial charge in [0.25, 0.3) is 0 Å². The largest absolute Gasteiger partial charge is 0.330 e. The van der Waals surface area contributed by atoms with Crippen LogP contribution in [0.1, 0.15) is 40.0 Å². The van der Waals surface area contributed by atoms with Gasteiger partial charge in [-0.1, -0.05) is 0 Å². The molecule has 0 spiro atoms. The molecule has 0 aromatic carbocycles. The molecule has 1 heterocycles. The molecule has 1 fully saturated rings. The Bertz CT molecular complexity index is 225. The van der Waals surface area contributed by atoms with Gasteiger partial charge in [0.2, 0.25) is 5.91 Å². The lowest BCUT2D eigenvalue weighted by Crippen LogP contribution is -2.50. The summed E-state index contributed by atoms with van der Waals surface area (Å²) < 4.78 is 0. The molecule has 1 aliphatic heterocycles. The molecule has 3 heteroatoms. The topological polar surface area (TPSA) is 37.4 Å². The molecule has 74 valence electrons. The molecule has 0 radical (unpaired) electrons. The molecular formula is C10H17NO2. The fraction of sp³-hybridized carbons (Fsp3) is 0.800. The number of carbonyl (C=O) groups is 2. The first-order chi connectivity index (χ1) is 6.04. The number of carbonyl (C=O) groups excluding carboxylic acids is 2. The standard InChI is InChI=1S/C10H17NO2/c1-7-5-4-6-10(8(2)12)11(7)9(3)13/h7,10H,4-6H2,1-3H3/t7-,10-/m0/s1. The summed E-state index contributed by atoms with van der Waals surface area (Å²) in [6.45, 7) is 5.12. The molecule has 0 bridgehead atoms. The van der Waals surface area contributed by atoms with E-state index < -0.39 is 0 Å². The zero-order valence-corrected chi connectivity index (χ0v) is 8.54. The Labute approximate surface area is 79.1 Å². The minimum absolute atomic E-state index is 0.0207. The van der Waals surface area contributed by atoms with E-state index >= 15 is 0 Å². The average Bonchev–Trinajstić information content (AvgIpc) is 2.02. The SMILES string of the molecule is CC(=O)[C@@H]1CCC[C@H](C)N1C(C)=O. The van der Waals surface area contributed by atoms with Crippen molar-refractivity contribution in [2.75, 3.05) is 0 Å². The fourth-order valence-electron chi connectivity index (χ4n) is 2.12. The molecular weight excluding hydrogens is 166 g/mol. The van der Waals surface area contributed by atoms with Crippen LogP contribution in [0.25, 0.3) is 0 Å². The molecule has 0 aliphatic carbocycles. The summed E-state index contributed by atoms with van der Waals surface area (Å²) >= 11 is 0. The highest BCUT2D eigenvalue weighted by Gasteiger charge is 2.32. The van der Waals surface area contributed by atoms with Crippen molar-refractivity contribution in [3.8, 4) is 0 Å². The van der Waals surface area contributed by atoms with Crippen LogP contribution in [0, 0.1) is 0 Å². The highest BCUT2D eigenvalue weighted by Crippen LogP contribution is 2.23. The van der Waals surface area contributed by atoms with Crippen LogP contribution in [0.2, 0.25) is 0 Å². The molecule has 1 saturated heterocycles. The van der Waals surface area contributed by atoms with E-state index in [9.17, 15) is 9.59 Å². The van der Waals surface area contributed by atoms with Crippen LogP contribution in [0.3, 0.4) is 0 Å².